The number of anilines is 1. The molecule has 0 unspecified atom stereocenters. The Bertz CT molecular complexity index is 1280. The van der Waals surface area contributed by atoms with Crippen molar-refractivity contribution >= 4 is 28.9 Å². The van der Waals surface area contributed by atoms with Gasteiger partial charge < -0.3 is 25.0 Å². The Morgan fingerprint density at radius 2 is 2.12 bits per heavy atom. The summed E-state index contributed by atoms with van der Waals surface area (Å²) in [5.41, 5.74) is 6.11. The number of fused-ring (bicyclic) bond motifs is 2. The number of imidazole rings is 1. The normalized spacial score (nSPS) is 17.3. The summed E-state index contributed by atoms with van der Waals surface area (Å²) in [6.07, 6.45) is 4.40. The predicted octanol–water partition coefficient (Wildman–Crippen LogP) is 2.60. The van der Waals surface area contributed by atoms with E-state index in [0.29, 0.717) is 37.3 Å². The van der Waals surface area contributed by atoms with Crippen molar-refractivity contribution in [1.29, 1.82) is 0 Å². The minimum absolute atomic E-state index is 0.152. The zero-order chi connectivity index (χ0) is 22.9. The highest BCUT2D eigenvalue weighted by Crippen LogP contribution is 2.41. The zero-order valence-corrected chi connectivity index (χ0v) is 18.2. The molecule has 5 rings (SSSR count). The molecule has 2 aliphatic heterocycles. The van der Waals surface area contributed by atoms with Gasteiger partial charge in [0, 0.05) is 47.7 Å². The highest BCUT2D eigenvalue weighted by Gasteiger charge is 2.32. The second-order valence-electron chi connectivity index (χ2n) is 8.28. The number of nitrogens with zero attached hydrogens (tertiary/aromatic N) is 2. The fourth-order valence-corrected chi connectivity index (χ4v) is 4.35. The van der Waals surface area contributed by atoms with Crippen LogP contribution < -0.4 is 10.6 Å². The van der Waals surface area contributed by atoms with Crippen LogP contribution in [0.3, 0.4) is 0 Å². The summed E-state index contributed by atoms with van der Waals surface area (Å²) in [5.74, 6) is -0.426. The Morgan fingerprint density at radius 1 is 1.27 bits per heavy atom. The van der Waals surface area contributed by atoms with Gasteiger partial charge in [0.15, 0.2) is 0 Å². The molecule has 3 N–H and O–H groups in total. The maximum atomic E-state index is 12.6. The van der Waals surface area contributed by atoms with Gasteiger partial charge in [-0.3, -0.25) is 9.59 Å². The smallest absolute Gasteiger partial charge is 0.321 e. The van der Waals surface area contributed by atoms with E-state index in [1.165, 1.54) is 0 Å². The summed E-state index contributed by atoms with van der Waals surface area (Å²) in [6, 6.07) is 13.0. The predicted molar refractivity (Wildman–Crippen MR) is 123 cm³/mol. The van der Waals surface area contributed by atoms with E-state index in [1.54, 1.807) is 12.5 Å². The van der Waals surface area contributed by atoms with E-state index in [4.69, 9.17) is 4.74 Å². The van der Waals surface area contributed by atoms with E-state index in [9.17, 15) is 14.7 Å². The minimum Gasteiger partial charge on any atom is -0.487 e. The molecule has 3 aromatic rings. The number of aliphatic carboxylic acids is 1. The highest BCUT2D eigenvalue weighted by molar-refractivity contribution is 6.36. The molecule has 1 atom stereocenters. The average Bonchev–Trinajstić information content (AvgIpc) is 3.48. The number of ether oxygens (including phenoxy) is 1. The maximum absolute atomic E-state index is 12.6. The van der Waals surface area contributed by atoms with E-state index in [0.717, 1.165) is 33.6 Å². The molecular formula is C25H24N4O4. The molecule has 8 heteroatoms. The van der Waals surface area contributed by atoms with Crippen molar-refractivity contribution in [1.82, 2.24) is 14.9 Å². The van der Waals surface area contributed by atoms with Crippen LogP contribution in [0.1, 0.15) is 27.9 Å². The summed E-state index contributed by atoms with van der Waals surface area (Å²) in [5, 5.41) is 15.6. The molecule has 0 fully saturated rings. The van der Waals surface area contributed by atoms with Crippen LogP contribution in [0.4, 0.5) is 5.69 Å². The van der Waals surface area contributed by atoms with Crippen LogP contribution in [0.2, 0.25) is 0 Å². The number of rotatable bonds is 7. The first-order valence-corrected chi connectivity index (χ1v) is 10.8. The number of aryl methyl sites for hydroxylation is 1. The third-order valence-corrected chi connectivity index (χ3v) is 6.12. The molecule has 0 bridgehead atoms. The molecule has 0 saturated heterocycles. The van der Waals surface area contributed by atoms with E-state index in [2.05, 4.69) is 21.7 Å². The SMILES string of the molecule is Cn1cncc1C[C@H](NCCc1ccc2c(c1)CO/C2=C1/C(=O)Nc2ccccc21)C(=O)O. The molecule has 0 spiro atoms. The number of aromatic nitrogens is 2. The van der Waals surface area contributed by atoms with Crippen LogP contribution in [-0.4, -0.2) is 39.1 Å². The Hall–Kier alpha value is -3.91. The van der Waals surface area contributed by atoms with Gasteiger partial charge in [0.2, 0.25) is 0 Å². The van der Waals surface area contributed by atoms with Crippen molar-refractivity contribution in [2.45, 2.75) is 25.5 Å². The molecule has 0 saturated carbocycles. The molecule has 3 heterocycles. The van der Waals surface area contributed by atoms with Crippen molar-refractivity contribution in [3.8, 4) is 0 Å². The van der Waals surface area contributed by atoms with Crippen LogP contribution in [0.5, 0.6) is 0 Å². The van der Waals surface area contributed by atoms with Gasteiger partial charge in [0.25, 0.3) is 5.91 Å². The number of carboxylic acids is 1. The van der Waals surface area contributed by atoms with Crippen LogP contribution in [-0.2, 0) is 40.8 Å². The van der Waals surface area contributed by atoms with Crippen molar-refractivity contribution in [2.24, 2.45) is 7.05 Å². The van der Waals surface area contributed by atoms with Gasteiger partial charge in [-0.15, -0.1) is 0 Å². The number of carbonyl (C=O) groups is 2. The van der Waals surface area contributed by atoms with Crippen molar-refractivity contribution in [2.75, 3.05) is 11.9 Å². The number of hydrogen-bond donors (Lipinski definition) is 3. The van der Waals surface area contributed by atoms with Gasteiger partial charge in [-0.25, -0.2) is 4.98 Å². The number of hydrogen-bond acceptors (Lipinski definition) is 5. The second kappa shape index (κ2) is 8.55. The maximum Gasteiger partial charge on any atom is 0.321 e. The summed E-state index contributed by atoms with van der Waals surface area (Å²) < 4.78 is 7.78. The molecule has 8 nitrogen and oxygen atoms in total. The Morgan fingerprint density at radius 3 is 2.91 bits per heavy atom. The van der Waals surface area contributed by atoms with Crippen molar-refractivity contribution in [3.63, 3.8) is 0 Å². The first kappa shape index (κ1) is 21.0. The highest BCUT2D eigenvalue weighted by atomic mass is 16.5. The van der Waals surface area contributed by atoms with Crippen LogP contribution in [0, 0.1) is 0 Å². The van der Waals surface area contributed by atoms with Gasteiger partial charge in [-0.1, -0.05) is 36.4 Å². The minimum atomic E-state index is -0.884. The fraction of sp³-hybridized carbons (Fsp3) is 0.240. The molecule has 0 radical (unpaired) electrons. The molecular weight excluding hydrogens is 420 g/mol. The zero-order valence-electron chi connectivity index (χ0n) is 18.2. The number of amides is 1. The molecule has 1 amide bonds. The summed E-state index contributed by atoms with van der Waals surface area (Å²) in [6.45, 7) is 0.932. The quantitative estimate of drug-likeness (QED) is 0.484. The third-order valence-electron chi connectivity index (χ3n) is 6.12. The Balaban J connectivity index is 1.29. The summed E-state index contributed by atoms with van der Waals surface area (Å²) >= 11 is 0. The molecule has 168 valence electrons. The van der Waals surface area contributed by atoms with E-state index in [1.807, 2.05) is 48.0 Å². The van der Waals surface area contributed by atoms with E-state index < -0.39 is 12.0 Å². The number of carboxylic acid groups (broad SMARTS) is 1. The van der Waals surface area contributed by atoms with Crippen LogP contribution in [0.15, 0.2) is 55.0 Å². The van der Waals surface area contributed by atoms with Gasteiger partial charge in [-0.2, -0.15) is 0 Å². The first-order valence-electron chi connectivity index (χ1n) is 10.8. The van der Waals surface area contributed by atoms with Gasteiger partial charge >= 0.3 is 5.97 Å². The van der Waals surface area contributed by atoms with Gasteiger partial charge in [-0.05, 0) is 24.6 Å². The Kier molecular flexibility index (Phi) is 5.43. The number of para-hydroxylation sites is 1. The average molecular weight is 444 g/mol. The molecule has 33 heavy (non-hydrogen) atoms. The third kappa shape index (κ3) is 4.01. The first-order chi connectivity index (χ1) is 16.0. The van der Waals surface area contributed by atoms with Gasteiger partial charge in [0.1, 0.15) is 18.4 Å². The largest absolute Gasteiger partial charge is 0.487 e. The van der Waals surface area contributed by atoms with E-state index >= 15 is 0 Å². The lowest BCUT2D eigenvalue weighted by Crippen LogP contribution is -2.40. The summed E-state index contributed by atoms with van der Waals surface area (Å²) in [7, 11) is 1.85. The van der Waals surface area contributed by atoms with E-state index in [-0.39, 0.29) is 5.91 Å². The topological polar surface area (TPSA) is 105 Å². The van der Waals surface area contributed by atoms with Crippen LogP contribution >= 0.6 is 0 Å². The number of carbonyl (C=O) groups excluding carboxylic acids is 1. The lowest BCUT2D eigenvalue weighted by Gasteiger charge is -2.15. The number of benzene rings is 2. The summed E-state index contributed by atoms with van der Waals surface area (Å²) in [4.78, 5) is 28.3. The monoisotopic (exact) mass is 444 g/mol. The lowest BCUT2D eigenvalue weighted by molar-refractivity contribution is -0.139. The second-order valence-corrected chi connectivity index (χ2v) is 8.28. The molecule has 2 aliphatic rings. The Labute approximate surface area is 190 Å². The lowest BCUT2D eigenvalue weighted by atomic mass is 9.98. The molecule has 1 aromatic heterocycles. The fourth-order valence-electron chi connectivity index (χ4n) is 4.35. The van der Waals surface area contributed by atoms with Gasteiger partial charge in [0.05, 0.1) is 11.9 Å². The number of nitrogens with one attached hydrogen (secondary N) is 2. The molecule has 0 aliphatic carbocycles. The van der Waals surface area contributed by atoms with Crippen LogP contribution in [0.25, 0.3) is 11.3 Å². The molecule has 2 aromatic carbocycles. The van der Waals surface area contributed by atoms with Crippen molar-refractivity contribution < 1.29 is 19.4 Å². The van der Waals surface area contributed by atoms with Crippen molar-refractivity contribution in [3.05, 3.63) is 82.9 Å². The standard InChI is InChI=1S/C25H24N4O4/c1-29-14-26-12-17(29)11-21(25(31)32)27-9-8-15-6-7-18-16(10-15)13-33-23(18)22-19-4-2-3-5-20(19)28-24(22)30/h2-7,10,12,14,21,27H,8-9,11,13H2,1H3,(H,28,30)(H,31,32)/b23-22+/t21-/m0/s1.